The molecule has 0 radical (unpaired) electrons. The first-order chi connectivity index (χ1) is 9.21. The number of aromatic nitrogens is 2. The summed E-state index contributed by atoms with van der Waals surface area (Å²) in [6.07, 6.45) is -3.58. The number of piperidine rings is 1. The summed E-state index contributed by atoms with van der Waals surface area (Å²) in [5.41, 5.74) is 5.22. The summed E-state index contributed by atoms with van der Waals surface area (Å²) in [6, 6.07) is 0. The van der Waals surface area contributed by atoms with Crippen molar-refractivity contribution in [3.8, 4) is 0 Å². The van der Waals surface area contributed by atoms with Crippen LogP contribution in [0.1, 0.15) is 38.4 Å². The van der Waals surface area contributed by atoms with Crippen molar-refractivity contribution in [3.63, 3.8) is 0 Å². The van der Waals surface area contributed by atoms with E-state index in [1.165, 1.54) is 0 Å². The Bertz CT molecular complexity index is 450. The van der Waals surface area contributed by atoms with Crippen LogP contribution in [-0.4, -0.2) is 34.7 Å². The molecule has 0 unspecified atom stereocenters. The summed E-state index contributed by atoms with van der Waals surface area (Å²) < 4.78 is 41.6. The van der Waals surface area contributed by atoms with E-state index in [0.29, 0.717) is 18.8 Å². The standard InChI is InChI=1S/C12H19F3N4O/c1-8(2)7-19-5-3-11(16,4-6-19)9-17-10(20-18-9)12(13,14)15/h8H,3-7,16H2,1-2H3. The zero-order valence-electron chi connectivity index (χ0n) is 11.6. The highest BCUT2D eigenvalue weighted by Crippen LogP contribution is 2.32. The van der Waals surface area contributed by atoms with Gasteiger partial charge >= 0.3 is 12.1 Å². The lowest BCUT2D eigenvalue weighted by Gasteiger charge is -2.37. The highest BCUT2D eigenvalue weighted by Gasteiger charge is 2.42. The number of hydrogen-bond acceptors (Lipinski definition) is 5. The molecule has 2 heterocycles. The summed E-state index contributed by atoms with van der Waals surface area (Å²) >= 11 is 0. The van der Waals surface area contributed by atoms with Crippen molar-refractivity contribution in [3.05, 3.63) is 11.7 Å². The summed E-state index contributed by atoms with van der Waals surface area (Å²) in [4.78, 5) is 5.67. The van der Waals surface area contributed by atoms with Gasteiger partial charge in [-0.25, -0.2) is 0 Å². The Morgan fingerprint density at radius 3 is 2.40 bits per heavy atom. The van der Waals surface area contributed by atoms with E-state index in [0.717, 1.165) is 19.6 Å². The van der Waals surface area contributed by atoms with Crippen molar-refractivity contribution in [1.29, 1.82) is 0 Å². The average molecular weight is 292 g/mol. The van der Waals surface area contributed by atoms with Gasteiger partial charge in [-0.1, -0.05) is 19.0 Å². The lowest BCUT2D eigenvalue weighted by molar-refractivity contribution is -0.159. The minimum absolute atomic E-state index is 0.0472. The fraction of sp³-hybridized carbons (Fsp3) is 0.833. The summed E-state index contributed by atoms with van der Waals surface area (Å²) in [5.74, 6) is -0.835. The molecule has 20 heavy (non-hydrogen) atoms. The molecule has 1 aliphatic heterocycles. The summed E-state index contributed by atoms with van der Waals surface area (Å²) in [5, 5.41) is 3.41. The molecule has 1 saturated heterocycles. The molecular formula is C12H19F3N4O. The Labute approximate surface area is 115 Å². The van der Waals surface area contributed by atoms with E-state index in [4.69, 9.17) is 5.73 Å². The third kappa shape index (κ3) is 3.29. The normalized spacial score (nSPS) is 20.6. The van der Waals surface area contributed by atoms with Gasteiger partial charge in [-0.05, 0) is 18.8 Å². The zero-order valence-corrected chi connectivity index (χ0v) is 11.6. The lowest BCUT2D eigenvalue weighted by atomic mass is 9.87. The molecular weight excluding hydrogens is 273 g/mol. The van der Waals surface area contributed by atoms with Crippen LogP contribution in [0, 0.1) is 5.92 Å². The fourth-order valence-corrected chi connectivity index (χ4v) is 2.42. The second-order valence-electron chi connectivity index (χ2n) is 5.77. The molecule has 1 aromatic rings. The second kappa shape index (κ2) is 5.33. The van der Waals surface area contributed by atoms with Crippen molar-refractivity contribution in [2.24, 2.45) is 11.7 Å². The summed E-state index contributed by atoms with van der Waals surface area (Å²) in [6.45, 7) is 6.66. The number of rotatable bonds is 3. The van der Waals surface area contributed by atoms with E-state index in [1.807, 2.05) is 0 Å². The van der Waals surface area contributed by atoms with Crippen LogP contribution in [0.2, 0.25) is 0 Å². The van der Waals surface area contributed by atoms with Crippen molar-refractivity contribution in [1.82, 2.24) is 15.0 Å². The topological polar surface area (TPSA) is 68.2 Å². The number of hydrogen-bond donors (Lipinski definition) is 1. The number of nitrogens with zero attached hydrogens (tertiary/aromatic N) is 3. The summed E-state index contributed by atoms with van der Waals surface area (Å²) in [7, 11) is 0. The maximum Gasteiger partial charge on any atom is 0.471 e. The minimum Gasteiger partial charge on any atom is -0.329 e. The van der Waals surface area contributed by atoms with Gasteiger partial charge < -0.3 is 15.2 Å². The van der Waals surface area contributed by atoms with Crippen LogP contribution >= 0.6 is 0 Å². The molecule has 0 amide bonds. The van der Waals surface area contributed by atoms with Crippen molar-refractivity contribution < 1.29 is 17.7 Å². The van der Waals surface area contributed by atoms with Crippen LogP contribution in [0.5, 0.6) is 0 Å². The number of alkyl halides is 3. The average Bonchev–Trinajstić information content (AvgIpc) is 2.81. The van der Waals surface area contributed by atoms with Crippen LogP contribution in [-0.2, 0) is 11.7 Å². The predicted molar refractivity (Wildman–Crippen MR) is 65.7 cm³/mol. The van der Waals surface area contributed by atoms with E-state index in [1.54, 1.807) is 0 Å². The monoisotopic (exact) mass is 292 g/mol. The van der Waals surface area contributed by atoms with Gasteiger partial charge in [0.2, 0.25) is 0 Å². The third-order valence-electron chi connectivity index (χ3n) is 3.49. The molecule has 0 atom stereocenters. The molecule has 114 valence electrons. The molecule has 0 bridgehead atoms. The third-order valence-corrected chi connectivity index (χ3v) is 3.49. The first kappa shape index (κ1) is 15.2. The first-order valence-electron chi connectivity index (χ1n) is 6.63. The molecule has 0 saturated carbocycles. The Kier molecular flexibility index (Phi) is 4.06. The fourth-order valence-electron chi connectivity index (χ4n) is 2.42. The van der Waals surface area contributed by atoms with E-state index in [9.17, 15) is 13.2 Å². The van der Waals surface area contributed by atoms with Gasteiger partial charge in [0, 0.05) is 19.6 Å². The highest BCUT2D eigenvalue weighted by atomic mass is 19.4. The lowest BCUT2D eigenvalue weighted by Crippen LogP contribution is -2.49. The minimum atomic E-state index is -4.63. The smallest absolute Gasteiger partial charge is 0.329 e. The van der Waals surface area contributed by atoms with E-state index in [2.05, 4.69) is 33.4 Å². The molecule has 0 aromatic carbocycles. The molecule has 8 heteroatoms. The van der Waals surface area contributed by atoms with Crippen LogP contribution in [0.25, 0.3) is 0 Å². The van der Waals surface area contributed by atoms with Crippen LogP contribution in [0.4, 0.5) is 13.2 Å². The van der Waals surface area contributed by atoms with Gasteiger partial charge in [0.15, 0.2) is 5.82 Å². The van der Waals surface area contributed by atoms with Crippen LogP contribution in [0.3, 0.4) is 0 Å². The molecule has 2 N–H and O–H groups in total. The number of nitrogens with two attached hydrogens (primary N) is 1. The van der Waals surface area contributed by atoms with E-state index >= 15 is 0 Å². The van der Waals surface area contributed by atoms with Gasteiger partial charge in [0.1, 0.15) is 0 Å². The van der Waals surface area contributed by atoms with Gasteiger partial charge in [-0.15, -0.1) is 0 Å². The van der Waals surface area contributed by atoms with Gasteiger partial charge in [0.05, 0.1) is 5.54 Å². The number of likely N-dealkylation sites (tertiary alicyclic amines) is 1. The zero-order chi connectivity index (χ0) is 15.0. The van der Waals surface area contributed by atoms with Gasteiger partial charge in [-0.3, -0.25) is 0 Å². The number of halogens is 3. The maximum atomic E-state index is 12.5. The molecule has 1 aliphatic rings. The molecule has 5 nitrogen and oxygen atoms in total. The molecule has 0 aliphatic carbocycles. The van der Waals surface area contributed by atoms with Crippen molar-refractivity contribution >= 4 is 0 Å². The Balaban J connectivity index is 2.04. The van der Waals surface area contributed by atoms with Gasteiger partial charge in [-0.2, -0.15) is 18.2 Å². The van der Waals surface area contributed by atoms with E-state index in [-0.39, 0.29) is 5.82 Å². The van der Waals surface area contributed by atoms with Gasteiger partial charge in [0.25, 0.3) is 0 Å². The first-order valence-corrected chi connectivity index (χ1v) is 6.63. The second-order valence-corrected chi connectivity index (χ2v) is 5.77. The quantitative estimate of drug-likeness (QED) is 0.922. The molecule has 2 rings (SSSR count). The molecule has 1 aromatic heterocycles. The molecule has 0 spiro atoms. The Morgan fingerprint density at radius 2 is 1.95 bits per heavy atom. The SMILES string of the molecule is CC(C)CN1CCC(N)(c2noc(C(F)(F)F)n2)CC1. The maximum absolute atomic E-state index is 12.5. The molecule has 1 fully saturated rings. The van der Waals surface area contributed by atoms with Crippen molar-refractivity contribution in [2.75, 3.05) is 19.6 Å². The van der Waals surface area contributed by atoms with Crippen LogP contribution in [0.15, 0.2) is 4.52 Å². The highest BCUT2D eigenvalue weighted by molar-refractivity contribution is 5.07. The Morgan fingerprint density at radius 1 is 1.35 bits per heavy atom. The largest absolute Gasteiger partial charge is 0.471 e. The van der Waals surface area contributed by atoms with Crippen LogP contribution < -0.4 is 5.73 Å². The van der Waals surface area contributed by atoms with Crippen molar-refractivity contribution in [2.45, 2.75) is 38.4 Å². The predicted octanol–water partition coefficient (Wildman–Crippen LogP) is 1.99. The Hall–Kier alpha value is -1.15. The van der Waals surface area contributed by atoms with E-state index < -0.39 is 17.6 Å².